The quantitative estimate of drug-likeness (QED) is 0.494. The van der Waals surface area contributed by atoms with E-state index >= 15 is 0 Å². The van der Waals surface area contributed by atoms with Gasteiger partial charge in [0.05, 0.1) is 4.90 Å². The van der Waals surface area contributed by atoms with Crippen molar-refractivity contribution in [1.82, 2.24) is 10.3 Å². The van der Waals surface area contributed by atoms with Crippen LogP contribution < -0.4 is 10.7 Å². The number of sulfone groups is 1. The topological polar surface area (TPSA) is 96.1 Å². The Morgan fingerprint density at radius 1 is 1.11 bits per heavy atom. The van der Waals surface area contributed by atoms with E-state index in [1.165, 1.54) is 30.5 Å². The van der Waals surface area contributed by atoms with E-state index in [-0.39, 0.29) is 22.6 Å². The van der Waals surface area contributed by atoms with Crippen LogP contribution in [-0.4, -0.2) is 25.6 Å². The van der Waals surface area contributed by atoms with E-state index in [9.17, 15) is 26.8 Å². The fourth-order valence-electron chi connectivity index (χ4n) is 4.27. The average Bonchev–Trinajstić information content (AvgIpc) is 2.76. The van der Waals surface area contributed by atoms with Crippen LogP contribution in [0.4, 0.5) is 8.78 Å². The summed E-state index contributed by atoms with van der Waals surface area (Å²) in [6.07, 6.45) is -0.180. The largest absolute Gasteiger partial charge is 0.364 e. The number of halogens is 2. The van der Waals surface area contributed by atoms with Gasteiger partial charge >= 0.3 is 0 Å². The Labute approximate surface area is 203 Å². The second kappa shape index (κ2) is 9.73. The van der Waals surface area contributed by atoms with Crippen molar-refractivity contribution >= 4 is 15.7 Å². The smallest absolute Gasteiger partial charge is 0.263 e. The number of carbonyl (C=O) groups excluding carboxylic acids is 1. The molecular weight excluding hydrogens is 474 g/mol. The van der Waals surface area contributed by atoms with Crippen molar-refractivity contribution in [2.45, 2.75) is 51.0 Å². The highest BCUT2D eigenvalue weighted by Crippen LogP contribution is 2.33. The number of alkyl halides is 2. The number of carbonyl (C=O) groups is 1. The van der Waals surface area contributed by atoms with Crippen LogP contribution in [0, 0.1) is 13.8 Å². The zero-order valence-corrected chi connectivity index (χ0v) is 21.0. The zero-order valence-electron chi connectivity index (χ0n) is 20.2. The molecule has 186 valence electrons. The summed E-state index contributed by atoms with van der Waals surface area (Å²) in [5.74, 6) is -0.602. The summed E-state index contributed by atoms with van der Waals surface area (Å²) in [5.41, 5.74) is 0.924. The molecule has 35 heavy (non-hydrogen) atoms. The third kappa shape index (κ3) is 5.51. The highest BCUT2D eigenvalue weighted by atomic mass is 32.2. The summed E-state index contributed by atoms with van der Waals surface area (Å²) >= 11 is 0. The standard InChI is InChI=1S/C26H28F2N2O4S/c1-15-11-17(9-10-21(15)35(5,33)34)13-30-25(32)20-14-29-16(2)22(23(20)31)26(3,4)19-8-6-7-18(12-19)24(27)28/h6-12,14,24H,13H2,1-5H3,(H,29,31)(H,30,32). The van der Waals surface area contributed by atoms with Crippen molar-refractivity contribution in [2.24, 2.45) is 0 Å². The van der Waals surface area contributed by atoms with Crippen molar-refractivity contribution in [2.75, 3.05) is 6.26 Å². The number of hydrogen-bond acceptors (Lipinski definition) is 4. The normalized spacial score (nSPS) is 12.1. The van der Waals surface area contributed by atoms with Crippen molar-refractivity contribution < 1.29 is 22.0 Å². The molecule has 1 aromatic heterocycles. The lowest BCUT2D eigenvalue weighted by molar-refractivity contribution is 0.0949. The second-order valence-corrected chi connectivity index (χ2v) is 11.1. The van der Waals surface area contributed by atoms with Gasteiger partial charge in [0.2, 0.25) is 0 Å². The molecular formula is C26H28F2N2O4S. The molecule has 0 spiro atoms. The summed E-state index contributed by atoms with van der Waals surface area (Å²) in [6, 6.07) is 10.7. The molecule has 1 amide bonds. The van der Waals surface area contributed by atoms with Gasteiger partial charge < -0.3 is 10.3 Å². The third-order valence-electron chi connectivity index (χ3n) is 6.10. The minimum atomic E-state index is -3.36. The van der Waals surface area contributed by atoms with Gasteiger partial charge in [-0.1, -0.05) is 44.2 Å². The number of hydrogen-bond donors (Lipinski definition) is 2. The third-order valence-corrected chi connectivity index (χ3v) is 7.36. The Morgan fingerprint density at radius 3 is 2.40 bits per heavy atom. The van der Waals surface area contributed by atoms with E-state index in [1.54, 1.807) is 45.9 Å². The van der Waals surface area contributed by atoms with Gasteiger partial charge in [0.15, 0.2) is 15.3 Å². The van der Waals surface area contributed by atoms with E-state index < -0.39 is 33.0 Å². The van der Waals surface area contributed by atoms with E-state index in [4.69, 9.17) is 0 Å². The van der Waals surface area contributed by atoms with E-state index in [0.29, 0.717) is 27.9 Å². The Bertz CT molecular complexity index is 1440. The van der Waals surface area contributed by atoms with Crippen LogP contribution in [0.3, 0.4) is 0 Å². The van der Waals surface area contributed by atoms with Crippen molar-refractivity contribution in [3.63, 3.8) is 0 Å². The fourth-order valence-corrected chi connectivity index (χ4v) is 5.23. The fraction of sp³-hybridized carbons (Fsp3) is 0.308. The Kier molecular flexibility index (Phi) is 7.31. The average molecular weight is 503 g/mol. The maximum absolute atomic E-state index is 13.4. The first-order chi connectivity index (χ1) is 16.2. The molecule has 9 heteroatoms. The molecule has 3 aromatic rings. The molecule has 0 unspecified atom stereocenters. The molecule has 3 rings (SSSR count). The Hall–Kier alpha value is -3.33. The maximum atomic E-state index is 13.4. The lowest BCUT2D eigenvalue weighted by atomic mass is 9.76. The lowest BCUT2D eigenvalue weighted by Gasteiger charge is -2.27. The number of aryl methyl sites for hydroxylation is 2. The molecule has 0 aliphatic carbocycles. The molecule has 0 saturated heterocycles. The van der Waals surface area contributed by atoms with Crippen LogP contribution in [0.15, 0.2) is 58.4 Å². The molecule has 1 heterocycles. The number of nitrogens with one attached hydrogen (secondary N) is 2. The first-order valence-corrected chi connectivity index (χ1v) is 12.8. The van der Waals surface area contributed by atoms with Crippen molar-refractivity contribution in [1.29, 1.82) is 0 Å². The Balaban J connectivity index is 1.91. The minimum Gasteiger partial charge on any atom is -0.364 e. The van der Waals surface area contributed by atoms with Crippen molar-refractivity contribution in [3.05, 3.63) is 98.0 Å². The number of aromatic amines is 1. The molecule has 6 nitrogen and oxygen atoms in total. The molecule has 0 fully saturated rings. The first-order valence-electron chi connectivity index (χ1n) is 10.9. The van der Waals surface area contributed by atoms with Crippen LogP contribution in [0.1, 0.15) is 64.1 Å². The number of H-pyrrole nitrogens is 1. The van der Waals surface area contributed by atoms with E-state index in [1.807, 2.05) is 0 Å². The highest BCUT2D eigenvalue weighted by molar-refractivity contribution is 7.90. The molecule has 2 aromatic carbocycles. The molecule has 0 aliphatic rings. The van der Waals surface area contributed by atoms with E-state index in [2.05, 4.69) is 10.3 Å². The second-order valence-electron chi connectivity index (χ2n) is 9.14. The highest BCUT2D eigenvalue weighted by Gasteiger charge is 2.31. The van der Waals surface area contributed by atoms with Crippen LogP contribution in [0.2, 0.25) is 0 Å². The number of rotatable bonds is 7. The molecule has 0 radical (unpaired) electrons. The van der Waals surface area contributed by atoms with Crippen LogP contribution in [-0.2, 0) is 21.8 Å². The van der Waals surface area contributed by atoms with Gasteiger partial charge in [-0.25, -0.2) is 17.2 Å². The summed E-state index contributed by atoms with van der Waals surface area (Å²) in [7, 11) is -3.36. The Morgan fingerprint density at radius 2 is 1.80 bits per heavy atom. The minimum absolute atomic E-state index is 0.0895. The predicted molar refractivity (Wildman–Crippen MR) is 131 cm³/mol. The van der Waals surface area contributed by atoms with Gasteiger partial charge in [0.1, 0.15) is 5.56 Å². The predicted octanol–water partition coefficient (Wildman–Crippen LogP) is 4.59. The number of aromatic nitrogens is 1. The summed E-state index contributed by atoms with van der Waals surface area (Å²) < 4.78 is 50.1. The first kappa shape index (κ1) is 26.3. The zero-order chi connectivity index (χ0) is 26.1. The summed E-state index contributed by atoms with van der Waals surface area (Å²) in [6.45, 7) is 6.96. The van der Waals surface area contributed by atoms with Gasteiger partial charge in [0.25, 0.3) is 12.3 Å². The molecule has 0 saturated carbocycles. The lowest BCUT2D eigenvalue weighted by Crippen LogP contribution is -2.35. The van der Waals surface area contributed by atoms with Gasteiger partial charge in [-0.05, 0) is 42.7 Å². The summed E-state index contributed by atoms with van der Waals surface area (Å²) in [4.78, 5) is 29.5. The monoisotopic (exact) mass is 502 g/mol. The van der Waals surface area contributed by atoms with Crippen LogP contribution in [0.25, 0.3) is 0 Å². The molecule has 2 N–H and O–H groups in total. The molecule has 0 bridgehead atoms. The maximum Gasteiger partial charge on any atom is 0.263 e. The van der Waals surface area contributed by atoms with Crippen molar-refractivity contribution in [3.8, 4) is 0 Å². The number of pyridine rings is 1. The summed E-state index contributed by atoms with van der Waals surface area (Å²) in [5, 5.41) is 2.70. The van der Waals surface area contributed by atoms with Crippen LogP contribution >= 0.6 is 0 Å². The van der Waals surface area contributed by atoms with Gasteiger partial charge in [-0.2, -0.15) is 0 Å². The number of amides is 1. The molecule has 0 aliphatic heterocycles. The molecule has 0 atom stereocenters. The van der Waals surface area contributed by atoms with Gasteiger partial charge in [-0.3, -0.25) is 9.59 Å². The number of benzene rings is 2. The van der Waals surface area contributed by atoms with Gasteiger partial charge in [-0.15, -0.1) is 0 Å². The van der Waals surface area contributed by atoms with Crippen LogP contribution in [0.5, 0.6) is 0 Å². The van der Waals surface area contributed by atoms with Gasteiger partial charge in [0, 0.05) is 41.2 Å². The SMILES string of the molecule is Cc1cc(CNC(=O)c2c[nH]c(C)c(C(C)(C)c3cccc(C(F)F)c3)c2=O)ccc1S(C)(=O)=O. The van der Waals surface area contributed by atoms with E-state index in [0.717, 1.165) is 6.26 Å².